The van der Waals surface area contributed by atoms with Crippen molar-refractivity contribution in [1.82, 2.24) is 15.6 Å². The lowest BCUT2D eigenvalue weighted by atomic mass is 9.77. The van der Waals surface area contributed by atoms with Crippen LogP contribution in [0.1, 0.15) is 18.4 Å². The van der Waals surface area contributed by atoms with E-state index in [-0.39, 0.29) is 6.42 Å². The summed E-state index contributed by atoms with van der Waals surface area (Å²) in [5, 5.41) is 40.6. The first kappa shape index (κ1) is 28.7. The minimum absolute atomic E-state index is 0.0560. The second-order valence-electron chi connectivity index (χ2n) is 9.80. The molecule has 1 aromatic heterocycles. The van der Waals surface area contributed by atoms with Gasteiger partial charge in [-0.05, 0) is 11.6 Å². The fourth-order valence-electron chi connectivity index (χ4n) is 4.88. The van der Waals surface area contributed by atoms with E-state index in [4.69, 9.17) is 15.2 Å². The van der Waals surface area contributed by atoms with Gasteiger partial charge < -0.3 is 51.5 Å². The zero-order valence-electron chi connectivity index (χ0n) is 22.0. The molecule has 13 nitrogen and oxygen atoms in total. The number of amides is 4. The van der Waals surface area contributed by atoms with Crippen LogP contribution >= 0.6 is 0 Å². The molecule has 214 valence electrons. The molecule has 1 heterocycles. The average Bonchev–Trinajstić information content (AvgIpc) is 3.33. The number of benzene rings is 2. The van der Waals surface area contributed by atoms with E-state index in [0.29, 0.717) is 17.2 Å². The summed E-state index contributed by atoms with van der Waals surface area (Å²) in [4.78, 5) is 41.2. The summed E-state index contributed by atoms with van der Waals surface area (Å²) < 4.78 is 10.4. The van der Waals surface area contributed by atoms with Gasteiger partial charge in [0.05, 0.1) is 26.4 Å². The number of anilines is 1. The lowest BCUT2D eigenvalue weighted by molar-refractivity contribution is -0.158. The summed E-state index contributed by atoms with van der Waals surface area (Å²) in [6.07, 6.45) is -2.22. The Balaban J connectivity index is 1.45. The minimum Gasteiger partial charge on any atom is -0.497 e. The number of aromatic nitrogens is 1. The van der Waals surface area contributed by atoms with E-state index in [9.17, 15) is 29.7 Å². The standard InChI is InChI=1S/C27H33N5O8/c1-39-16-8-15(9-17(10-16)40-2)30-26(37)32-21-11-27(38,12-22(33)23(21)34)25(36)31-20(24(28)35)7-14-13-29-19-6-4-3-5-18(14)19/h3-6,8-10,13,20-23,29,33-34,38H,7,11-12H2,1-2H3,(H2,28,35)(H,31,36)(H2,30,32,37). The maximum Gasteiger partial charge on any atom is 0.319 e. The highest BCUT2D eigenvalue weighted by Gasteiger charge is 2.49. The van der Waals surface area contributed by atoms with Gasteiger partial charge in [0.1, 0.15) is 29.2 Å². The summed E-state index contributed by atoms with van der Waals surface area (Å²) in [5.41, 5.74) is 5.23. The molecule has 5 atom stereocenters. The molecule has 40 heavy (non-hydrogen) atoms. The molecular formula is C27H33N5O8. The highest BCUT2D eigenvalue weighted by Crippen LogP contribution is 2.31. The van der Waals surface area contributed by atoms with Crippen molar-refractivity contribution in [1.29, 1.82) is 0 Å². The number of carbonyl (C=O) groups excluding carboxylic acids is 3. The predicted octanol–water partition coefficient (Wildman–Crippen LogP) is 0.135. The first-order valence-corrected chi connectivity index (χ1v) is 12.6. The van der Waals surface area contributed by atoms with E-state index < -0.39 is 60.6 Å². The van der Waals surface area contributed by atoms with Crippen LogP contribution in [0, 0.1) is 0 Å². The molecular weight excluding hydrogens is 522 g/mol. The quantitative estimate of drug-likeness (QED) is 0.182. The molecule has 2 aromatic carbocycles. The molecule has 1 aliphatic carbocycles. The number of nitrogens with two attached hydrogens (primary N) is 1. The number of aliphatic hydroxyl groups excluding tert-OH is 2. The van der Waals surface area contributed by atoms with Crippen molar-refractivity contribution in [2.24, 2.45) is 5.73 Å². The Kier molecular flexibility index (Phi) is 8.47. The zero-order valence-corrected chi connectivity index (χ0v) is 22.0. The number of urea groups is 1. The summed E-state index contributed by atoms with van der Waals surface area (Å²) in [6, 6.07) is 8.94. The van der Waals surface area contributed by atoms with E-state index in [2.05, 4.69) is 20.9 Å². The van der Waals surface area contributed by atoms with Crippen LogP contribution in [0.2, 0.25) is 0 Å². The molecule has 0 saturated heterocycles. The van der Waals surface area contributed by atoms with Crippen molar-refractivity contribution in [3.8, 4) is 11.5 Å². The number of aliphatic hydroxyl groups is 3. The summed E-state index contributed by atoms with van der Waals surface area (Å²) in [6.45, 7) is 0. The lowest BCUT2D eigenvalue weighted by Crippen LogP contribution is -2.64. The van der Waals surface area contributed by atoms with Crippen LogP contribution < -0.4 is 31.2 Å². The molecule has 4 rings (SSSR count). The average molecular weight is 556 g/mol. The van der Waals surface area contributed by atoms with Gasteiger partial charge >= 0.3 is 6.03 Å². The Labute approximate surface area is 229 Å². The molecule has 1 aliphatic rings. The second kappa shape index (κ2) is 11.8. The van der Waals surface area contributed by atoms with Crippen molar-refractivity contribution in [3.05, 3.63) is 54.2 Å². The predicted molar refractivity (Wildman–Crippen MR) is 145 cm³/mol. The number of methoxy groups -OCH3 is 2. The van der Waals surface area contributed by atoms with Crippen molar-refractivity contribution >= 4 is 34.4 Å². The molecule has 5 unspecified atom stereocenters. The number of para-hydroxylation sites is 1. The lowest BCUT2D eigenvalue weighted by Gasteiger charge is -2.41. The number of rotatable bonds is 9. The molecule has 0 aliphatic heterocycles. The molecule has 9 N–H and O–H groups in total. The van der Waals surface area contributed by atoms with E-state index in [1.807, 2.05) is 24.3 Å². The van der Waals surface area contributed by atoms with Crippen LogP contribution in [0.25, 0.3) is 10.9 Å². The normalized spacial score (nSPS) is 23.2. The summed E-state index contributed by atoms with van der Waals surface area (Å²) in [5.74, 6) is -0.941. The fourth-order valence-corrected chi connectivity index (χ4v) is 4.88. The van der Waals surface area contributed by atoms with Gasteiger partial charge in [0.2, 0.25) is 5.91 Å². The zero-order chi connectivity index (χ0) is 29.0. The number of H-pyrrole nitrogens is 1. The fraction of sp³-hybridized carbons (Fsp3) is 0.370. The van der Waals surface area contributed by atoms with Gasteiger partial charge in [0.25, 0.3) is 5.91 Å². The Hall–Kier alpha value is -4.33. The number of hydrogen-bond acceptors (Lipinski definition) is 8. The van der Waals surface area contributed by atoms with Crippen molar-refractivity contribution < 1.29 is 39.2 Å². The Bertz CT molecular complexity index is 1370. The highest BCUT2D eigenvalue weighted by atomic mass is 16.5. The molecule has 0 bridgehead atoms. The third-order valence-electron chi connectivity index (χ3n) is 7.01. The second-order valence-corrected chi connectivity index (χ2v) is 9.80. The molecule has 1 fully saturated rings. The maximum absolute atomic E-state index is 13.2. The Morgan fingerprint density at radius 1 is 1.10 bits per heavy atom. The molecule has 0 radical (unpaired) electrons. The number of ether oxygens (including phenoxy) is 2. The van der Waals surface area contributed by atoms with Crippen molar-refractivity contribution in [2.75, 3.05) is 19.5 Å². The molecule has 13 heteroatoms. The summed E-state index contributed by atoms with van der Waals surface area (Å²) in [7, 11) is 2.90. The van der Waals surface area contributed by atoms with Gasteiger partial charge in [-0.25, -0.2) is 4.79 Å². The number of fused-ring (bicyclic) bond motifs is 1. The SMILES string of the molecule is COc1cc(NC(=O)NC2CC(O)(C(=O)NC(Cc3c[nH]c4ccccc34)C(N)=O)CC(O)C2O)cc(OC)c1. The van der Waals surface area contributed by atoms with E-state index >= 15 is 0 Å². The van der Waals surface area contributed by atoms with Gasteiger partial charge in [0, 0.05) is 60.2 Å². The van der Waals surface area contributed by atoms with Gasteiger partial charge in [-0.2, -0.15) is 0 Å². The Morgan fingerprint density at radius 2 is 1.77 bits per heavy atom. The number of carbonyl (C=O) groups is 3. The largest absolute Gasteiger partial charge is 0.497 e. The third kappa shape index (κ3) is 6.28. The maximum atomic E-state index is 13.2. The van der Waals surface area contributed by atoms with Gasteiger partial charge in [-0.3, -0.25) is 9.59 Å². The number of nitrogens with one attached hydrogen (secondary N) is 4. The molecule has 0 spiro atoms. The number of primary amides is 1. The topological polar surface area (TPSA) is 208 Å². The summed E-state index contributed by atoms with van der Waals surface area (Å²) >= 11 is 0. The van der Waals surface area contributed by atoms with Crippen molar-refractivity contribution in [2.45, 2.75) is 49.2 Å². The Morgan fingerprint density at radius 3 is 2.42 bits per heavy atom. The van der Waals surface area contributed by atoms with Gasteiger partial charge in [-0.15, -0.1) is 0 Å². The molecule has 4 amide bonds. The molecule has 1 saturated carbocycles. The molecule has 3 aromatic rings. The van der Waals surface area contributed by atoms with Crippen molar-refractivity contribution in [3.63, 3.8) is 0 Å². The van der Waals surface area contributed by atoms with E-state index in [1.54, 1.807) is 12.3 Å². The number of aromatic amines is 1. The monoisotopic (exact) mass is 555 g/mol. The van der Waals surface area contributed by atoms with Crippen LogP contribution in [0.4, 0.5) is 10.5 Å². The van der Waals surface area contributed by atoms with Crippen LogP contribution in [-0.4, -0.2) is 82.3 Å². The minimum atomic E-state index is -2.22. The van der Waals surface area contributed by atoms with E-state index in [1.165, 1.54) is 26.4 Å². The van der Waals surface area contributed by atoms with Crippen LogP contribution in [-0.2, 0) is 16.0 Å². The van der Waals surface area contributed by atoms with Crippen LogP contribution in [0.5, 0.6) is 11.5 Å². The third-order valence-corrected chi connectivity index (χ3v) is 7.01. The number of hydrogen-bond donors (Lipinski definition) is 8. The smallest absolute Gasteiger partial charge is 0.319 e. The highest BCUT2D eigenvalue weighted by molar-refractivity contribution is 5.93. The van der Waals surface area contributed by atoms with Crippen LogP contribution in [0.3, 0.4) is 0 Å². The van der Waals surface area contributed by atoms with Gasteiger partial charge in [0.15, 0.2) is 0 Å². The van der Waals surface area contributed by atoms with E-state index in [0.717, 1.165) is 16.5 Å². The van der Waals surface area contributed by atoms with Crippen LogP contribution in [0.15, 0.2) is 48.7 Å². The first-order chi connectivity index (χ1) is 19.0. The van der Waals surface area contributed by atoms with Gasteiger partial charge in [-0.1, -0.05) is 18.2 Å². The first-order valence-electron chi connectivity index (χ1n) is 12.6.